The van der Waals surface area contributed by atoms with E-state index in [1.807, 2.05) is 6.92 Å². The Morgan fingerprint density at radius 3 is 2.30 bits per heavy atom. The lowest BCUT2D eigenvalue weighted by Crippen LogP contribution is -2.55. The van der Waals surface area contributed by atoms with Gasteiger partial charge in [0.05, 0.1) is 64.4 Å². The number of hydrogen-bond acceptors (Lipinski definition) is 14. The van der Waals surface area contributed by atoms with Crippen LogP contribution in [0.1, 0.15) is 52.0 Å². The lowest BCUT2D eigenvalue weighted by atomic mass is 10.0. The number of hydrogen-bond donors (Lipinski definition) is 6. The van der Waals surface area contributed by atoms with Crippen LogP contribution in [0.2, 0.25) is 0 Å². The first kappa shape index (κ1) is 48.5. The van der Waals surface area contributed by atoms with E-state index in [0.29, 0.717) is 56.2 Å². The lowest BCUT2D eigenvalue weighted by molar-refractivity contribution is -0.134. The molecule has 0 fully saturated rings. The molecule has 0 aliphatic heterocycles. The zero-order chi connectivity index (χ0) is 43.9. The van der Waals surface area contributed by atoms with Crippen LogP contribution in [0.4, 0.5) is 16.3 Å². The van der Waals surface area contributed by atoms with Gasteiger partial charge in [-0.15, -0.1) is 6.42 Å². The number of rotatable bonds is 28. The van der Waals surface area contributed by atoms with Gasteiger partial charge in [0.15, 0.2) is 11.5 Å². The molecular formula is C39H55N11O9S. The van der Waals surface area contributed by atoms with E-state index in [0.717, 1.165) is 12.8 Å². The summed E-state index contributed by atoms with van der Waals surface area (Å²) in [6.45, 7) is 7.67. The molecule has 326 valence electrons. The topological polar surface area (TPSA) is 270 Å². The molecule has 2 heterocycles. The number of imidazole rings is 1. The van der Waals surface area contributed by atoms with Gasteiger partial charge in [0.25, 0.3) is 0 Å². The van der Waals surface area contributed by atoms with Gasteiger partial charge in [0.1, 0.15) is 24.2 Å². The number of primary amides is 1. The van der Waals surface area contributed by atoms with E-state index in [4.69, 9.17) is 36.8 Å². The predicted molar refractivity (Wildman–Crippen MR) is 227 cm³/mol. The lowest BCUT2D eigenvalue weighted by Gasteiger charge is -2.25. The van der Waals surface area contributed by atoms with Gasteiger partial charge in [-0.2, -0.15) is 9.97 Å². The number of urea groups is 1. The first-order valence-corrected chi connectivity index (χ1v) is 19.9. The van der Waals surface area contributed by atoms with Crippen LogP contribution in [-0.2, 0) is 41.7 Å². The number of nitrogen functional groups attached to an aromatic ring is 1. The average Bonchev–Trinajstić information content (AvgIpc) is 3.47. The van der Waals surface area contributed by atoms with Crippen LogP contribution in [0.25, 0.3) is 11.2 Å². The number of aliphatic imine (C=N–C) groups is 1. The van der Waals surface area contributed by atoms with E-state index >= 15 is 0 Å². The van der Waals surface area contributed by atoms with Crippen molar-refractivity contribution in [3.8, 4) is 18.4 Å². The summed E-state index contributed by atoms with van der Waals surface area (Å²) >= 11 is 4.49. The van der Waals surface area contributed by atoms with Crippen molar-refractivity contribution in [2.45, 2.75) is 71.6 Å². The number of benzene rings is 1. The Kier molecular flexibility index (Phi) is 21.2. The molecule has 3 rings (SSSR count). The molecule has 2 atom stereocenters. The van der Waals surface area contributed by atoms with E-state index in [1.165, 1.54) is 9.13 Å². The Labute approximate surface area is 353 Å². The number of unbranched alkanes of at least 4 members (excludes halogenated alkanes) is 1. The van der Waals surface area contributed by atoms with Crippen LogP contribution in [-0.4, -0.2) is 119 Å². The summed E-state index contributed by atoms with van der Waals surface area (Å²) in [4.78, 5) is 77.0. The summed E-state index contributed by atoms with van der Waals surface area (Å²) in [5.74, 6) is 0.515. The van der Waals surface area contributed by atoms with Gasteiger partial charge in [0.2, 0.25) is 17.7 Å². The second kappa shape index (κ2) is 26.2. The van der Waals surface area contributed by atoms with Crippen molar-refractivity contribution in [3.05, 3.63) is 40.3 Å². The highest BCUT2D eigenvalue weighted by Gasteiger charge is 2.29. The summed E-state index contributed by atoms with van der Waals surface area (Å²) in [7, 11) is 0. The minimum Gasteiger partial charge on any atom is -0.463 e. The fraction of sp³-hybridized carbons (Fsp3) is 0.538. The minimum atomic E-state index is -1.06. The van der Waals surface area contributed by atoms with Crippen LogP contribution in [0.15, 0.2) is 34.1 Å². The zero-order valence-corrected chi connectivity index (χ0v) is 35.0. The van der Waals surface area contributed by atoms with Crippen LogP contribution < -0.4 is 43.2 Å². The van der Waals surface area contributed by atoms with Gasteiger partial charge in [0, 0.05) is 12.2 Å². The highest BCUT2D eigenvalue weighted by Crippen LogP contribution is 2.22. The highest BCUT2D eigenvalue weighted by atomic mass is 32.1. The number of nitrogens with zero attached hydrogens (tertiary/aromatic N) is 5. The van der Waals surface area contributed by atoms with Gasteiger partial charge in [-0.25, -0.2) is 14.6 Å². The van der Waals surface area contributed by atoms with Crippen LogP contribution in [0, 0.1) is 18.3 Å². The maximum absolute atomic E-state index is 13.6. The highest BCUT2D eigenvalue weighted by molar-refractivity contribution is 7.78. The van der Waals surface area contributed by atoms with Crippen molar-refractivity contribution < 1.29 is 38.1 Å². The molecule has 1 aromatic carbocycles. The SMILES string of the molecule is C#CCn1c(=O)n(Cc2ccc(NC(=O)[C@H](CCCNC(N)=O)NC(=O)[C@@H](NC(=O)COCCOCCOCCN=C=S)C(C)C)cc2)c2c(N)nc(OCCCC)nc21. The third-order valence-corrected chi connectivity index (χ3v) is 8.79. The second-order valence-electron chi connectivity index (χ2n) is 13.6. The van der Waals surface area contributed by atoms with E-state index in [1.54, 1.807) is 38.1 Å². The predicted octanol–water partition coefficient (Wildman–Crippen LogP) is 1.20. The van der Waals surface area contributed by atoms with Gasteiger partial charge in [-0.1, -0.05) is 45.2 Å². The number of aromatic nitrogens is 4. The molecular weight excluding hydrogens is 799 g/mol. The number of thiocarbonyl (C=S) groups is 1. The summed E-state index contributed by atoms with van der Waals surface area (Å²) < 4.78 is 24.5. The molecule has 0 aliphatic rings. The first-order valence-electron chi connectivity index (χ1n) is 19.5. The van der Waals surface area contributed by atoms with E-state index < -0.39 is 41.5 Å². The molecule has 0 saturated heterocycles. The molecule has 0 unspecified atom stereocenters. The molecule has 5 amide bonds. The van der Waals surface area contributed by atoms with Crippen molar-refractivity contribution in [1.29, 1.82) is 0 Å². The van der Waals surface area contributed by atoms with Crippen molar-refractivity contribution in [2.24, 2.45) is 16.6 Å². The number of amides is 5. The fourth-order valence-corrected chi connectivity index (χ4v) is 5.73. The molecule has 0 bridgehead atoms. The molecule has 0 spiro atoms. The molecule has 21 heteroatoms. The largest absolute Gasteiger partial charge is 0.463 e. The summed E-state index contributed by atoms with van der Waals surface area (Å²) in [5.41, 5.74) is 12.7. The van der Waals surface area contributed by atoms with E-state index in [2.05, 4.69) is 59.5 Å². The van der Waals surface area contributed by atoms with Crippen molar-refractivity contribution >= 4 is 63.8 Å². The molecule has 20 nitrogen and oxygen atoms in total. The first-order chi connectivity index (χ1) is 28.9. The number of terminal acetylenes is 1. The maximum Gasteiger partial charge on any atom is 0.331 e. The fourth-order valence-electron chi connectivity index (χ4n) is 5.64. The summed E-state index contributed by atoms with van der Waals surface area (Å²) in [5, 5.41) is 12.9. The molecule has 0 aliphatic carbocycles. The van der Waals surface area contributed by atoms with Gasteiger partial charge in [-0.05, 0) is 55.1 Å². The number of isothiocyanates is 1. The van der Waals surface area contributed by atoms with Crippen LogP contribution in [0.5, 0.6) is 6.01 Å². The molecule has 8 N–H and O–H groups in total. The number of nitrogens with two attached hydrogens (primary N) is 2. The van der Waals surface area contributed by atoms with Crippen LogP contribution in [0.3, 0.4) is 0 Å². The van der Waals surface area contributed by atoms with Crippen LogP contribution >= 0.6 is 12.2 Å². The third kappa shape index (κ3) is 16.0. The number of ether oxygens (including phenoxy) is 4. The Balaban J connectivity index is 1.65. The quantitative estimate of drug-likeness (QED) is 0.0260. The van der Waals surface area contributed by atoms with E-state index in [-0.39, 0.29) is 69.3 Å². The Morgan fingerprint density at radius 2 is 1.65 bits per heavy atom. The van der Waals surface area contributed by atoms with Gasteiger partial charge in [-0.3, -0.25) is 23.5 Å². The number of carbonyl (C=O) groups is 4. The number of anilines is 2. The smallest absolute Gasteiger partial charge is 0.331 e. The Hall–Kier alpha value is -5.91. The Bertz CT molecular complexity index is 2030. The van der Waals surface area contributed by atoms with Crippen molar-refractivity contribution in [2.75, 3.05) is 70.4 Å². The average molecular weight is 854 g/mol. The van der Waals surface area contributed by atoms with Crippen molar-refractivity contribution in [1.82, 2.24) is 35.1 Å². The van der Waals surface area contributed by atoms with Crippen molar-refractivity contribution in [3.63, 3.8) is 0 Å². The molecule has 60 heavy (non-hydrogen) atoms. The molecule has 0 saturated carbocycles. The Morgan fingerprint density at radius 1 is 0.950 bits per heavy atom. The standard InChI is InChI=1S/C39H55N11O9S/c1-5-7-17-59-38-47-33(40)32-34(48-38)49(16-6-2)39(55)50(32)23-27-10-12-28(13-11-27)44-35(52)29(9-8-14-43-37(41)54)45-36(53)31(26(3)4)46-30(51)24-58-22-21-57-20-19-56-18-15-42-25-60/h2,10-13,26,29,31H,5,7-9,14-24H2,1,3-4H3,(H,44,52)(H,45,53)(H,46,51)(H2,40,47,48)(H3,41,43,54)/t29-,31-/m0/s1. The number of carbonyl (C=O) groups excluding carboxylic acids is 4. The monoisotopic (exact) mass is 853 g/mol. The third-order valence-electron chi connectivity index (χ3n) is 8.66. The minimum absolute atomic E-state index is 0.0474. The summed E-state index contributed by atoms with van der Waals surface area (Å²) in [6, 6.07) is 3.97. The second-order valence-corrected chi connectivity index (χ2v) is 13.8. The number of fused-ring (bicyclic) bond motifs is 1. The van der Waals surface area contributed by atoms with E-state index in [9.17, 15) is 24.0 Å². The van der Waals surface area contributed by atoms with Gasteiger partial charge < -0.3 is 51.7 Å². The summed E-state index contributed by atoms with van der Waals surface area (Å²) in [6.07, 6.45) is 7.69. The maximum atomic E-state index is 13.6. The molecule has 0 radical (unpaired) electrons. The normalized spacial score (nSPS) is 11.9. The van der Waals surface area contributed by atoms with Gasteiger partial charge >= 0.3 is 17.7 Å². The molecule has 3 aromatic rings. The zero-order valence-electron chi connectivity index (χ0n) is 34.2. The number of nitrogens with one attached hydrogen (secondary N) is 4. The molecule has 2 aromatic heterocycles.